The molecule has 0 saturated heterocycles. The Labute approximate surface area is 176 Å². The average Bonchev–Trinajstić information content (AvgIpc) is 2.79. The molecule has 2 heteroatoms. The summed E-state index contributed by atoms with van der Waals surface area (Å²) in [4.78, 5) is 0. The van der Waals surface area contributed by atoms with Crippen molar-refractivity contribution < 1.29 is 4.39 Å². The van der Waals surface area contributed by atoms with Gasteiger partial charge in [0.25, 0.3) is 0 Å². The highest BCUT2D eigenvalue weighted by molar-refractivity contribution is 5.26. The maximum Gasteiger partial charge on any atom is 0.196 e. The van der Waals surface area contributed by atoms with Crippen LogP contribution in [-0.2, 0) is 6.42 Å². The van der Waals surface area contributed by atoms with Gasteiger partial charge in [0.05, 0.1) is 0 Å². The summed E-state index contributed by atoms with van der Waals surface area (Å²) >= 11 is 0. The van der Waals surface area contributed by atoms with Gasteiger partial charge in [-0.3, -0.25) is 0 Å². The van der Waals surface area contributed by atoms with Crippen molar-refractivity contribution in [1.82, 2.24) is 0 Å². The molecule has 1 aromatic rings. The number of rotatable bonds is 7. The first-order valence-electron chi connectivity index (χ1n) is 11.7. The lowest BCUT2D eigenvalue weighted by Gasteiger charge is -2.29. The summed E-state index contributed by atoms with van der Waals surface area (Å²) < 4.78 is 12.9. The molecule has 0 N–H and O–H groups in total. The third-order valence-electron chi connectivity index (χ3n) is 7.18. The first-order chi connectivity index (χ1) is 14.2. The minimum Gasteiger partial charge on any atom is -0.195 e. The predicted octanol–water partition coefficient (Wildman–Crippen LogP) is 8.04. The van der Waals surface area contributed by atoms with Gasteiger partial charge in [-0.1, -0.05) is 43.3 Å². The van der Waals surface area contributed by atoms with E-state index in [1.807, 2.05) is 0 Å². The van der Waals surface area contributed by atoms with Gasteiger partial charge in [-0.05, 0) is 112 Å². The molecule has 2 aliphatic carbocycles. The number of halogens is 1. The van der Waals surface area contributed by atoms with Crippen LogP contribution in [0.1, 0.15) is 88.2 Å². The summed E-state index contributed by atoms with van der Waals surface area (Å²) in [6.07, 6.45) is 19.6. The van der Waals surface area contributed by atoms with E-state index in [2.05, 4.69) is 43.3 Å². The Balaban J connectivity index is 1.36. The Morgan fingerprint density at radius 2 is 1.55 bits per heavy atom. The van der Waals surface area contributed by atoms with Gasteiger partial charge in [0.1, 0.15) is 6.07 Å². The van der Waals surface area contributed by atoms with E-state index in [4.69, 9.17) is 5.26 Å². The van der Waals surface area contributed by atoms with Crippen molar-refractivity contribution in [3.8, 4) is 6.07 Å². The fraction of sp³-hybridized carbons (Fsp3) is 0.593. The second-order valence-electron chi connectivity index (χ2n) is 9.11. The Morgan fingerprint density at radius 1 is 0.966 bits per heavy atom. The lowest BCUT2D eigenvalue weighted by molar-refractivity contribution is 0.295. The number of nitrogens with zero attached hydrogens (tertiary/aromatic N) is 1. The average molecular weight is 394 g/mol. The van der Waals surface area contributed by atoms with Crippen molar-refractivity contribution in [2.45, 2.75) is 83.5 Å². The van der Waals surface area contributed by atoms with Gasteiger partial charge >= 0.3 is 0 Å². The summed E-state index contributed by atoms with van der Waals surface area (Å²) in [7, 11) is 0. The predicted molar refractivity (Wildman–Crippen MR) is 119 cm³/mol. The topological polar surface area (TPSA) is 23.8 Å². The van der Waals surface area contributed by atoms with E-state index in [1.165, 1.54) is 68.6 Å². The van der Waals surface area contributed by atoms with Crippen LogP contribution in [0.2, 0.25) is 0 Å². The Hall–Kier alpha value is -1.88. The zero-order valence-electron chi connectivity index (χ0n) is 18.0. The van der Waals surface area contributed by atoms with Crippen LogP contribution in [0.3, 0.4) is 0 Å². The molecule has 0 radical (unpaired) electrons. The van der Waals surface area contributed by atoms with E-state index in [9.17, 15) is 4.39 Å². The third-order valence-corrected chi connectivity index (χ3v) is 7.18. The van der Waals surface area contributed by atoms with Crippen molar-refractivity contribution in [2.24, 2.45) is 17.8 Å². The van der Waals surface area contributed by atoms with Crippen molar-refractivity contribution in [3.05, 3.63) is 59.4 Å². The van der Waals surface area contributed by atoms with E-state index in [0.29, 0.717) is 12.3 Å². The monoisotopic (exact) mass is 393 g/mol. The minimum absolute atomic E-state index is 0.630. The molecule has 1 nitrogen and oxygen atoms in total. The molecule has 2 fully saturated rings. The van der Waals surface area contributed by atoms with Gasteiger partial charge in [0.15, 0.2) is 5.83 Å². The van der Waals surface area contributed by atoms with Crippen LogP contribution in [0.5, 0.6) is 0 Å². The van der Waals surface area contributed by atoms with Crippen LogP contribution in [-0.4, -0.2) is 0 Å². The van der Waals surface area contributed by atoms with Gasteiger partial charge in [-0.2, -0.15) is 9.65 Å². The molecule has 156 valence electrons. The van der Waals surface area contributed by atoms with Crippen molar-refractivity contribution in [2.75, 3.05) is 0 Å². The minimum atomic E-state index is -0.630. The van der Waals surface area contributed by atoms with Gasteiger partial charge in [0.2, 0.25) is 0 Å². The molecule has 1 aromatic carbocycles. The van der Waals surface area contributed by atoms with E-state index >= 15 is 0 Å². The van der Waals surface area contributed by atoms with Crippen LogP contribution >= 0.6 is 0 Å². The largest absolute Gasteiger partial charge is 0.196 e. The molecule has 0 spiro atoms. The van der Waals surface area contributed by atoms with Gasteiger partial charge in [0, 0.05) is 0 Å². The highest BCUT2D eigenvalue weighted by Gasteiger charge is 2.22. The van der Waals surface area contributed by atoms with Crippen molar-refractivity contribution >= 4 is 0 Å². The molecule has 29 heavy (non-hydrogen) atoms. The molecular formula is C27H36FN. The SMILES string of the molecule is CCc1ccc([C@H]2CC[C@H](C=C[C@H]3CC[C@H](CCC=C(F)C#N)CC3)CC2)cc1. The summed E-state index contributed by atoms with van der Waals surface area (Å²) in [6.45, 7) is 2.22. The van der Waals surface area contributed by atoms with E-state index < -0.39 is 5.83 Å². The first kappa shape index (κ1) is 21.8. The number of benzene rings is 1. The number of aryl methyl sites for hydroxylation is 1. The summed E-state index contributed by atoms with van der Waals surface area (Å²) in [6, 6.07) is 10.9. The molecule has 2 saturated carbocycles. The van der Waals surface area contributed by atoms with Crippen LogP contribution in [0.4, 0.5) is 4.39 Å². The zero-order chi connectivity index (χ0) is 20.5. The quantitative estimate of drug-likeness (QED) is 0.339. The summed E-state index contributed by atoms with van der Waals surface area (Å²) in [5, 5.41) is 8.46. The normalized spacial score (nSPS) is 28.4. The second kappa shape index (κ2) is 11.3. The summed E-state index contributed by atoms with van der Waals surface area (Å²) in [5.41, 5.74) is 2.97. The molecule has 0 aromatic heterocycles. The molecule has 0 bridgehead atoms. The number of allylic oxidation sites excluding steroid dienone is 4. The third kappa shape index (κ3) is 6.84. The lowest BCUT2D eigenvalue weighted by atomic mass is 9.77. The first-order valence-corrected chi connectivity index (χ1v) is 11.7. The number of hydrogen-bond acceptors (Lipinski definition) is 1. The van der Waals surface area contributed by atoms with E-state index in [0.717, 1.165) is 30.6 Å². The second-order valence-corrected chi connectivity index (χ2v) is 9.11. The van der Waals surface area contributed by atoms with Crippen LogP contribution in [0.15, 0.2) is 48.3 Å². The van der Waals surface area contributed by atoms with Crippen molar-refractivity contribution in [3.63, 3.8) is 0 Å². The number of hydrogen-bond donors (Lipinski definition) is 0. The van der Waals surface area contributed by atoms with Crippen LogP contribution in [0, 0.1) is 29.1 Å². The standard InChI is InChI=1S/C27H36FN/c1-2-21-12-16-25(17-13-21)26-18-14-24(15-19-26)11-10-23-8-6-22(7-9-23)4-3-5-27(28)20-29/h5,10-13,16-17,22-24,26H,2-4,6-9,14-15,18-19H2,1H3/t22-,23-,24-,26-. The maximum atomic E-state index is 12.9. The van der Waals surface area contributed by atoms with Crippen LogP contribution < -0.4 is 0 Å². The Kier molecular flexibility index (Phi) is 8.53. The fourth-order valence-corrected chi connectivity index (χ4v) is 5.15. The molecule has 0 aliphatic heterocycles. The van der Waals surface area contributed by atoms with Gasteiger partial charge < -0.3 is 0 Å². The Bertz CT molecular complexity index is 708. The smallest absolute Gasteiger partial charge is 0.195 e. The highest BCUT2D eigenvalue weighted by Crippen LogP contribution is 2.37. The summed E-state index contributed by atoms with van der Waals surface area (Å²) in [5.74, 6) is 2.32. The molecular weight excluding hydrogens is 357 g/mol. The molecule has 0 atom stereocenters. The van der Waals surface area contributed by atoms with Gasteiger partial charge in [-0.15, -0.1) is 0 Å². The molecule has 3 rings (SSSR count). The van der Waals surface area contributed by atoms with E-state index in [-0.39, 0.29) is 0 Å². The lowest BCUT2D eigenvalue weighted by Crippen LogP contribution is -2.14. The fourth-order valence-electron chi connectivity index (χ4n) is 5.15. The van der Waals surface area contributed by atoms with Crippen LogP contribution in [0.25, 0.3) is 0 Å². The van der Waals surface area contributed by atoms with E-state index in [1.54, 1.807) is 6.07 Å². The zero-order valence-corrected chi connectivity index (χ0v) is 18.0. The van der Waals surface area contributed by atoms with Gasteiger partial charge in [-0.25, -0.2) is 0 Å². The number of nitriles is 1. The highest BCUT2D eigenvalue weighted by atomic mass is 19.1. The molecule has 0 amide bonds. The Morgan fingerprint density at radius 3 is 2.10 bits per heavy atom. The van der Waals surface area contributed by atoms with Crippen molar-refractivity contribution in [1.29, 1.82) is 5.26 Å². The molecule has 0 unspecified atom stereocenters. The molecule has 2 aliphatic rings. The maximum absolute atomic E-state index is 12.9. The molecule has 0 heterocycles.